The maximum atomic E-state index is 13.9. The van der Waals surface area contributed by atoms with Gasteiger partial charge in [-0.2, -0.15) is 4.31 Å². The number of halogens is 2. The number of benzene rings is 2. The van der Waals surface area contributed by atoms with E-state index in [0.29, 0.717) is 5.69 Å². The Morgan fingerprint density at radius 1 is 1.20 bits per heavy atom. The van der Waals surface area contributed by atoms with Crippen LogP contribution in [-0.4, -0.2) is 32.2 Å². The monoisotopic (exact) mass is 384 g/mol. The van der Waals surface area contributed by atoms with Gasteiger partial charge in [-0.15, -0.1) is 0 Å². The van der Waals surface area contributed by atoms with Gasteiger partial charge in [0.1, 0.15) is 10.7 Å². The van der Waals surface area contributed by atoms with Crippen molar-refractivity contribution in [1.82, 2.24) is 4.31 Å². The SMILES string of the molecule is Cc1ccc(C)c(NC(=O)CN(C)S(=O)(=O)c2ccc(Cl)cc2F)c1. The molecule has 1 amide bonds. The molecule has 2 aromatic carbocycles. The number of aryl methyl sites for hydroxylation is 2. The topological polar surface area (TPSA) is 66.5 Å². The molecule has 0 aliphatic carbocycles. The first-order chi connectivity index (χ1) is 11.6. The molecule has 0 radical (unpaired) electrons. The summed E-state index contributed by atoms with van der Waals surface area (Å²) < 4.78 is 39.6. The molecule has 134 valence electrons. The summed E-state index contributed by atoms with van der Waals surface area (Å²) in [5.74, 6) is -1.48. The van der Waals surface area contributed by atoms with Crippen LogP contribution in [0.25, 0.3) is 0 Å². The maximum absolute atomic E-state index is 13.9. The number of carbonyl (C=O) groups excluding carboxylic acids is 1. The van der Waals surface area contributed by atoms with Crippen LogP contribution in [-0.2, 0) is 14.8 Å². The molecule has 0 saturated heterocycles. The summed E-state index contributed by atoms with van der Waals surface area (Å²) in [6, 6.07) is 8.83. The quantitative estimate of drug-likeness (QED) is 0.859. The van der Waals surface area contributed by atoms with Gasteiger partial charge in [-0.25, -0.2) is 12.8 Å². The molecule has 0 saturated carbocycles. The fourth-order valence-electron chi connectivity index (χ4n) is 2.20. The molecular weight excluding hydrogens is 367 g/mol. The lowest BCUT2D eigenvalue weighted by molar-refractivity contribution is -0.116. The number of nitrogens with one attached hydrogen (secondary N) is 1. The summed E-state index contributed by atoms with van der Waals surface area (Å²) in [4.78, 5) is 11.6. The summed E-state index contributed by atoms with van der Waals surface area (Å²) in [6.07, 6.45) is 0. The van der Waals surface area contributed by atoms with E-state index in [2.05, 4.69) is 5.32 Å². The number of rotatable bonds is 5. The maximum Gasteiger partial charge on any atom is 0.246 e. The van der Waals surface area contributed by atoms with Crippen molar-refractivity contribution in [3.05, 3.63) is 58.4 Å². The lowest BCUT2D eigenvalue weighted by Crippen LogP contribution is -2.35. The van der Waals surface area contributed by atoms with E-state index in [0.717, 1.165) is 27.6 Å². The van der Waals surface area contributed by atoms with E-state index in [-0.39, 0.29) is 5.02 Å². The van der Waals surface area contributed by atoms with Gasteiger partial charge in [0.05, 0.1) is 6.54 Å². The molecule has 8 heteroatoms. The van der Waals surface area contributed by atoms with Crippen molar-refractivity contribution in [2.24, 2.45) is 0 Å². The number of anilines is 1. The fraction of sp³-hybridized carbons (Fsp3) is 0.235. The third kappa shape index (κ3) is 4.56. The zero-order chi connectivity index (χ0) is 18.8. The van der Waals surface area contributed by atoms with E-state index in [4.69, 9.17) is 11.6 Å². The Balaban J connectivity index is 2.16. The van der Waals surface area contributed by atoms with Crippen molar-refractivity contribution >= 4 is 33.2 Å². The predicted octanol–water partition coefficient (Wildman–Crippen LogP) is 3.36. The largest absolute Gasteiger partial charge is 0.325 e. The number of sulfonamides is 1. The molecule has 0 spiro atoms. The second kappa shape index (κ2) is 7.51. The van der Waals surface area contributed by atoms with Crippen LogP contribution >= 0.6 is 11.6 Å². The molecule has 5 nitrogen and oxygen atoms in total. The fourth-order valence-corrected chi connectivity index (χ4v) is 3.53. The van der Waals surface area contributed by atoms with Gasteiger partial charge in [-0.1, -0.05) is 23.7 Å². The van der Waals surface area contributed by atoms with Gasteiger partial charge in [0.2, 0.25) is 15.9 Å². The van der Waals surface area contributed by atoms with E-state index in [1.54, 1.807) is 6.07 Å². The van der Waals surface area contributed by atoms with Crippen LogP contribution < -0.4 is 5.32 Å². The molecule has 2 aromatic rings. The van der Waals surface area contributed by atoms with E-state index >= 15 is 0 Å². The lowest BCUT2D eigenvalue weighted by Gasteiger charge is -2.18. The van der Waals surface area contributed by atoms with Crippen LogP contribution in [0.4, 0.5) is 10.1 Å². The standard InChI is InChI=1S/C17H18ClFN2O3S/c1-11-4-5-12(2)15(8-11)20-17(22)10-21(3)25(23,24)16-7-6-13(18)9-14(16)19/h4-9H,10H2,1-3H3,(H,20,22). The third-order valence-corrected chi connectivity index (χ3v) is 5.69. The molecule has 0 heterocycles. The van der Waals surface area contributed by atoms with Crippen molar-refractivity contribution in [3.63, 3.8) is 0 Å². The van der Waals surface area contributed by atoms with E-state index in [1.165, 1.54) is 13.1 Å². The van der Waals surface area contributed by atoms with Gasteiger partial charge in [-0.05, 0) is 49.2 Å². The van der Waals surface area contributed by atoms with Gasteiger partial charge in [0.25, 0.3) is 0 Å². The Morgan fingerprint density at radius 2 is 1.88 bits per heavy atom. The molecule has 0 aliphatic heterocycles. The molecule has 0 aliphatic rings. The van der Waals surface area contributed by atoms with Crippen molar-refractivity contribution in [1.29, 1.82) is 0 Å². The molecule has 0 aromatic heterocycles. The van der Waals surface area contributed by atoms with Crippen LogP contribution in [0, 0.1) is 19.7 Å². The molecular formula is C17H18ClFN2O3S. The highest BCUT2D eigenvalue weighted by molar-refractivity contribution is 7.89. The third-order valence-electron chi connectivity index (χ3n) is 3.62. The predicted molar refractivity (Wildman–Crippen MR) is 95.8 cm³/mol. The molecule has 25 heavy (non-hydrogen) atoms. The zero-order valence-corrected chi connectivity index (χ0v) is 15.6. The molecule has 0 atom stereocenters. The van der Waals surface area contributed by atoms with Crippen LogP contribution in [0.15, 0.2) is 41.3 Å². The number of carbonyl (C=O) groups is 1. The van der Waals surface area contributed by atoms with Crippen LogP contribution in [0.3, 0.4) is 0 Å². The number of nitrogens with zero attached hydrogens (tertiary/aromatic N) is 1. The minimum absolute atomic E-state index is 0.0896. The Kier molecular flexibility index (Phi) is 5.82. The van der Waals surface area contributed by atoms with Crippen molar-refractivity contribution in [2.45, 2.75) is 18.7 Å². The van der Waals surface area contributed by atoms with Crippen LogP contribution in [0.5, 0.6) is 0 Å². The smallest absolute Gasteiger partial charge is 0.246 e. The summed E-state index contributed by atoms with van der Waals surface area (Å²) in [6.45, 7) is 3.27. The Labute approximate surface area is 151 Å². The Morgan fingerprint density at radius 3 is 2.52 bits per heavy atom. The first-order valence-electron chi connectivity index (χ1n) is 7.40. The van der Waals surface area contributed by atoms with Crippen LogP contribution in [0.2, 0.25) is 5.02 Å². The van der Waals surface area contributed by atoms with Crippen LogP contribution in [0.1, 0.15) is 11.1 Å². The van der Waals surface area contributed by atoms with E-state index in [1.807, 2.05) is 26.0 Å². The number of hydrogen-bond acceptors (Lipinski definition) is 3. The van der Waals surface area contributed by atoms with Gasteiger partial charge in [0.15, 0.2) is 0 Å². The normalized spacial score (nSPS) is 11.6. The van der Waals surface area contributed by atoms with Gasteiger partial charge in [-0.3, -0.25) is 4.79 Å². The summed E-state index contributed by atoms with van der Waals surface area (Å²) in [5, 5.41) is 2.76. The number of likely N-dealkylation sites (N-methyl/N-ethyl adjacent to an activating group) is 1. The van der Waals surface area contributed by atoms with E-state index in [9.17, 15) is 17.6 Å². The first kappa shape index (κ1) is 19.4. The summed E-state index contributed by atoms with van der Waals surface area (Å²) in [7, 11) is -2.94. The van der Waals surface area contributed by atoms with Crippen molar-refractivity contribution in [2.75, 3.05) is 18.9 Å². The molecule has 0 bridgehead atoms. The minimum Gasteiger partial charge on any atom is -0.325 e. The zero-order valence-electron chi connectivity index (χ0n) is 14.0. The molecule has 0 unspecified atom stereocenters. The minimum atomic E-state index is -4.15. The summed E-state index contributed by atoms with van der Waals surface area (Å²) >= 11 is 5.64. The first-order valence-corrected chi connectivity index (χ1v) is 9.21. The second-order valence-corrected chi connectivity index (χ2v) is 8.15. The highest BCUT2D eigenvalue weighted by Gasteiger charge is 2.26. The van der Waals surface area contributed by atoms with Gasteiger partial charge in [0, 0.05) is 17.8 Å². The number of hydrogen-bond donors (Lipinski definition) is 1. The average molecular weight is 385 g/mol. The summed E-state index contributed by atoms with van der Waals surface area (Å²) in [5.41, 5.74) is 2.42. The van der Waals surface area contributed by atoms with Crippen molar-refractivity contribution in [3.8, 4) is 0 Å². The highest BCUT2D eigenvalue weighted by atomic mass is 35.5. The molecule has 1 N–H and O–H groups in total. The second-order valence-electron chi connectivity index (χ2n) is 5.70. The van der Waals surface area contributed by atoms with Gasteiger partial charge >= 0.3 is 0 Å². The highest BCUT2D eigenvalue weighted by Crippen LogP contribution is 2.22. The van der Waals surface area contributed by atoms with E-state index < -0.39 is 33.2 Å². The molecule has 2 rings (SSSR count). The van der Waals surface area contributed by atoms with Crippen molar-refractivity contribution < 1.29 is 17.6 Å². The Hall–Kier alpha value is -1.96. The Bertz CT molecular complexity index is 916. The lowest BCUT2D eigenvalue weighted by atomic mass is 10.1. The molecule has 0 fully saturated rings. The van der Waals surface area contributed by atoms with Gasteiger partial charge < -0.3 is 5.32 Å². The average Bonchev–Trinajstić information content (AvgIpc) is 2.50. The number of amides is 1.